The molecule has 0 spiro atoms. The standard InChI is InChI=1S/C22H14Cl2N3OS/c1-26-19-6-3-12(20-25-7-8-29-20)9-15(19)16-11-17(22(28)27(2)21(16)26)14-5-4-13(23)10-18(14)24/h3-6,8-11H,1-2H3. The molecule has 0 aliphatic carbocycles. The van der Waals surface area contributed by atoms with Crippen LogP contribution in [0.3, 0.4) is 0 Å². The molecule has 3 aromatic heterocycles. The molecule has 0 aliphatic rings. The molecule has 0 aliphatic heterocycles. The van der Waals surface area contributed by atoms with Crippen LogP contribution >= 0.6 is 34.5 Å². The number of aromatic nitrogens is 3. The molecule has 0 amide bonds. The third-order valence-electron chi connectivity index (χ3n) is 5.21. The van der Waals surface area contributed by atoms with Crippen molar-refractivity contribution in [1.82, 2.24) is 14.1 Å². The van der Waals surface area contributed by atoms with Gasteiger partial charge in [0.1, 0.15) is 16.9 Å². The van der Waals surface area contributed by atoms with Crippen LogP contribution < -0.4 is 5.56 Å². The van der Waals surface area contributed by atoms with Crippen LogP contribution in [0, 0.1) is 6.20 Å². The summed E-state index contributed by atoms with van der Waals surface area (Å²) in [6.45, 7) is 0. The molecular formula is C22H14Cl2N3OS. The molecule has 3 heterocycles. The number of rotatable bonds is 2. The van der Waals surface area contributed by atoms with Crippen molar-refractivity contribution in [3.05, 3.63) is 74.4 Å². The normalized spacial score (nSPS) is 11.6. The predicted octanol–water partition coefficient (Wildman–Crippen LogP) is 5.93. The van der Waals surface area contributed by atoms with Crippen LogP contribution in [-0.4, -0.2) is 14.1 Å². The average molecular weight is 439 g/mol. The summed E-state index contributed by atoms with van der Waals surface area (Å²) >= 11 is 14.0. The predicted molar refractivity (Wildman–Crippen MR) is 121 cm³/mol. The fourth-order valence-electron chi connectivity index (χ4n) is 3.85. The molecule has 0 N–H and O–H groups in total. The highest BCUT2D eigenvalue weighted by Crippen LogP contribution is 2.35. The Balaban J connectivity index is 1.88. The Morgan fingerprint density at radius 2 is 1.79 bits per heavy atom. The van der Waals surface area contributed by atoms with Crippen LogP contribution in [0.1, 0.15) is 0 Å². The number of pyridine rings is 1. The number of benzene rings is 2. The van der Waals surface area contributed by atoms with Crippen LogP contribution in [0.4, 0.5) is 0 Å². The number of fused-ring (bicyclic) bond motifs is 3. The van der Waals surface area contributed by atoms with Gasteiger partial charge in [-0.1, -0.05) is 29.3 Å². The molecule has 5 rings (SSSR count). The minimum absolute atomic E-state index is 0.109. The zero-order valence-corrected chi connectivity index (χ0v) is 17.9. The summed E-state index contributed by atoms with van der Waals surface area (Å²) in [5.41, 5.74) is 4.02. The van der Waals surface area contributed by atoms with Crippen LogP contribution in [0.2, 0.25) is 10.0 Å². The lowest BCUT2D eigenvalue weighted by Crippen LogP contribution is -2.20. The minimum Gasteiger partial charge on any atom is -0.330 e. The van der Waals surface area contributed by atoms with E-state index in [-0.39, 0.29) is 5.56 Å². The third-order valence-corrected chi connectivity index (χ3v) is 6.53. The maximum atomic E-state index is 13.1. The molecular weight excluding hydrogens is 425 g/mol. The fraction of sp³-hybridized carbons (Fsp3) is 0.0909. The number of hydrogen-bond donors (Lipinski definition) is 0. The first-order valence-electron chi connectivity index (χ1n) is 8.85. The van der Waals surface area contributed by atoms with E-state index in [1.807, 2.05) is 29.1 Å². The van der Waals surface area contributed by atoms with Crippen LogP contribution in [0.5, 0.6) is 0 Å². The summed E-state index contributed by atoms with van der Waals surface area (Å²) < 4.78 is 3.71. The van der Waals surface area contributed by atoms with Crippen molar-refractivity contribution in [2.45, 2.75) is 0 Å². The van der Waals surface area contributed by atoms with Crippen molar-refractivity contribution < 1.29 is 0 Å². The maximum absolute atomic E-state index is 13.1. The first-order chi connectivity index (χ1) is 14.0. The van der Waals surface area contributed by atoms with Gasteiger partial charge in [0.2, 0.25) is 0 Å². The summed E-state index contributed by atoms with van der Waals surface area (Å²) in [5.74, 6) is 0. The fourth-order valence-corrected chi connectivity index (χ4v) is 4.95. The van der Waals surface area contributed by atoms with Crippen molar-refractivity contribution in [2.24, 2.45) is 14.1 Å². The molecule has 0 unspecified atom stereocenters. The number of halogens is 2. The van der Waals surface area contributed by atoms with Crippen molar-refractivity contribution >= 4 is 56.5 Å². The van der Waals surface area contributed by atoms with E-state index in [4.69, 9.17) is 23.2 Å². The van der Waals surface area contributed by atoms with Gasteiger partial charge in [0.25, 0.3) is 5.56 Å². The largest absolute Gasteiger partial charge is 0.330 e. The maximum Gasteiger partial charge on any atom is 0.259 e. The van der Waals surface area contributed by atoms with Gasteiger partial charge in [-0.2, -0.15) is 0 Å². The van der Waals surface area contributed by atoms with Crippen LogP contribution in [-0.2, 0) is 14.1 Å². The van der Waals surface area contributed by atoms with E-state index >= 15 is 0 Å². The molecule has 0 bridgehead atoms. The molecule has 5 aromatic rings. The molecule has 0 saturated carbocycles. The zero-order valence-electron chi connectivity index (χ0n) is 15.5. The van der Waals surface area contributed by atoms with Crippen molar-refractivity contribution in [3.8, 4) is 21.7 Å². The van der Waals surface area contributed by atoms with Crippen molar-refractivity contribution in [1.29, 1.82) is 0 Å². The minimum atomic E-state index is -0.109. The van der Waals surface area contributed by atoms with Crippen LogP contribution in [0.25, 0.3) is 43.6 Å². The van der Waals surface area contributed by atoms with Crippen molar-refractivity contribution in [3.63, 3.8) is 0 Å². The summed E-state index contributed by atoms with van der Waals surface area (Å²) in [7, 11) is 3.75. The van der Waals surface area contributed by atoms with E-state index in [2.05, 4.69) is 23.3 Å². The molecule has 143 valence electrons. The monoisotopic (exact) mass is 438 g/mol. The van der Waals surface area contributed by atoms with E-state index in [1.54, 1.807) is 41.2 Å². The molecule has 1 radical (unpaired) electrons. The Morgan fingerprint density at radius 3 is 2.52 bits per heavy atom. The molecule has 0 atom stereocenters. The molecule has 0 saturated heterocycles. The first-order valence-corrected chi connectivity index (χ1v) is 10.5. The summed E-state index contributed by atoms with van der Waals surface area (Å²) in [6, 6.07) is 13.3. The highest BCUT2D eigenvalue weighted by atomic mass is 35.5. The van der Waals surface area contributed by atoms with E-state index in [0.29, 0.717) is 21.2 Å². The molecule has 0 fully saturated rings. The Bertz CT molecular complexity index is 1470. The third kappa shape index (κ3) is 2.81. The van der Waals surface area contributed by atoms with Crippen LogP contribution in [0.15, 0.2) is 52.6 Å². The van der Waals surface area contributed by atoms with E-state index < -0.39 is 0 Å². The van der Waals surface area contributed by atoms with Gasteiger partial charge in [-0.25, -0.2) is 4.98 Å². The van der Waals surface area contributed by atoms with Crippen molar-refractivity contribution in [2.75, 3.05) is 0 Å². The second-order valence-corrected chi connectivity index (χ2v) is 8.56. The van der Waals surface area contributed by atoms with E-state index in [1.165, 1.54) is 0 Å². The summed E-state index contributed by atoms with van der Waals surface area (Å²) in [4.78, 5) is 17.4. The summed E-state index contributed by atoms with van der Waals surface area (Å²) in [6.07, 6.45) is 2.87. The first kappa shape index (κ1) is 18.4. The summed E-state index contributed by atoms with van der Waals surface area (Å²) in [5, 5.41) is 5.77. The van der Waals surface area contributed by atoms with Gasteiger partial charge in [0.05, 0.1) is 10.5 Å². The van der Waals surface area contributed by atoms with Gasteiger partial charge in [-0.3, -0.25) is 9.36 Å². The van der Waals surface area contributed by atoms with E-state index in [0.717, 1.165) is 32.5 Å². The lowest BCUT2D eigenvalue weighted by atomic mass is 10.0. The Morgan fingerprint density at radius 1 is 0.966 bits per heavy atom. The van der Waals surface area contributed by atoms with Gasteiger partial charge in [-0.05, 0) is 36.4 Å². The van der Waals surface area contributed by atoms with Gasteiger partial charge in [0.15, 0.2) is 0 Å². The van der Waals surface area contributed by atoms with Gasteiger partial charge >= 0.3 is 0 Å². The molecule has 4 nitrogen and oxygen atoms in total. The Labute approximate surface area is 180 Å². The Kier molecular flexibility index (Phi) is 4.28. The molecule has 7 heteroatoms. The smallest absolute Gasteiger partial charge is 0.259 e. The quantitative estimate of drug-likeness (QED) is 0.342. The Hall–Kier alpha value is -2.60. The molecule has 29 heavy (non-hydrogen) atoms. The number of thiazole rings is 1. The van der Waals surface area contributed by atoms with Gasteiger partial charge in [0, 0.05) is 52.0 Å². The second-order valence-electron chi connectivity index (χ2n) is 6.86. The SMILES string of the molecule is Cn1c(=O)c(-c2ccc(Cl)cc2Cl)cc2c3cc(-c4n[c]cs4)ccc3n(C)c21. The van der Waals surface area contributed by atoms with Gasteiger partial charge < -0.3 is 4.57 Å². The number of nitrogens with zero attached hydrogens (tertiary/aromatic N) is 3. The van der Waals surface area contributed by atoms with E-state index in [9.17, 15) is 4.79 Å². The van der Waals surface area contributed by atoms with Gasteiger partial charge in [-0.15, -0.1) is 11.3 Å². The average Bonchev–Trinajstić information content (AvgIpc) is 3.32. The zero-order chi connectivity index (χ0) is 20.3. The highest BCUT2D eigenvalue weighted by molar-refractivity contribution is 7.13. The number of aryl methyl sites for hydroxylation is 2. The number of hydrogen-bond acceptors (Lipinski definition) is 3. The highest BCUT2D eigenvalue weighted by Gasteiger charge is 2.18. The lowest BCUT2D eigenvalue weighted by Gasteiger charge is -2.09. The topological polar surface area (TPSA) is 39.8 Å². The second kappa shape index (κ2) is 6.73. The molecule has 2 aromatic carbocycles. The lowest BCUT2D eigenvalue weighted by molar-refractivity contribution is 0.846.